The van der Waals surface area contributed by atoms with Gasteiger partial charge in [-0.25, -0.2) is 4.79 Å². The van der Waals surface area contributed by atoms with E-state index in [-0.39, 0.29) is 18.6 Å². The maximum atomic E-state index is 12.8. The van der Waals surface area contributed by atoms with Crippen molar-refractivity contribution in [1.82, 2.24) is 4.90 Å². The lowest BCUT2D eigenvalue weighted by Gasteiger charge is -2.19. The van der Waals surface area contributed by atoms with Gasteiger partial charge in [-0.05, 0) is 16.7 Å². The zero-order valence-electron chi connectivity index (χ0n) is 16.4. The number of ether oxygens (including phenoxy) is 1. The van der Waals surface area contributed by atoms with E-state index in [0.717, 1.165) is 16.7 Å². The fraction of sp³-hybridized carbons (Fsp3) is 0.115. The maximum Gasteiger partial charge on any atom is 0.414 e. The molecule has 3 aromatic rings. The first-order valence-corrected chi connectivity index (χ1v) is 9.63. The molecule has 29 heavy (non-hydrogen) atoms. The lowest BCUT2D eigenvalue weighted by molar-refractivity contribution is 0.109. The zero-order valence-corrected chi connectivity index (χ0v) is 16.4. The van der Waals surface area contributed by atoms with Gasteiger partial charge in [-0.2, -0.15) is 0 Å². The molecule has 0 aromatic heterocycles. The summed E-state index contributed by atoms with van der Waals surface area (Å²) in [5.74, 6) is 0.0106. The first-order valence-electron chi connectivity index (χ1n) is 9.63. The largest absolute Gasteiger partial charge is 0.444 e. The second-order valence-corrected chi connectivity index (χ2v) is 6.67. The molecule has 3 aromatic carbocycles. The van der Waals surface area contributed by atoms with Crippen LogP contribution in [-0.2, 0) is 17.9 Å². The van der Waals surface area contributed by atoms with Crippen LogP contribution in [0.25, 0.3) is 0 Å². The van der Waals surface area contributed by atoms with Crippen LogP contribution in [0.5, 0.6) is 0 Å². The van der Waals surface area contributed by atoms with E-state index in [2.05, 4.69) is 6.58 Å². The Morgan fingerprint density at radius 1 is 0.862 bits per heavy atom. The summed E-state index contributed by atoms with van der Waals surface area (Å²) in [5.41, 5.74) is 3.11. The summed E-state index contributed by atoms with van der Waals surface area (Å²) in [4.78, 5) is 14.4. The fourth-order valence-corrected chi connectivity index (χ4v) is 2.96. The Morgan fingerprint density at radius 3 is 2.00 bits per heavy atom. The van der Waals surface area contributed by atoms with E-state index in [1.165, 1.54) is 0 Å². The molecule has 0 saturated carbocycles. The van der Waals surface area contributed by atoms with Crippen LogP contribution in [0.3, 0.4) is 0 Å². The van der Waals surface area contributed by atoms with Crippen molar-refractivity contribution in [2.24, 2.45) is 0 Å². The molecule has 0 aliphatic rings. The van der Waals surface area contributed by atoms with E-state index < -0.39 is 0 Å². The molecule has 0 N–H and O–H groups in total. The van der Waals surface area contributed by atoms with Crippen LogP contribution in [-0.4, -0.2) is 11.0 Å². The highest BCUT2D eigenvalue weighted by atomic mass is 16.6. The Morgan fingerprint density at radius 2 is 1.41 bits per heavy atom. The number of nitrogens with zero attached hydrogens (tertiary/aromatic N) is 1. The minimum Gasteiger partial charge on any atom is -0.444 e. The van der Waals surface area contributed by atoms with Gasteiger partial charge < -0.3 is 4.74 Å². The molecule has 3 rings (SSSR count). The topological polar surface area (TPSA) is 29.5 Å². The smallest absolute Gasteiger partial charge is 0.414 e. The molecule has 0 heterocycles. The SMILES string of the molecule is C=CC(/C=C/N(Cc1ccccc1)C(=O)OCc1ccccc1)c1ccccc1. The third-order valence-electron chi connectivity index (χ3n) is 4.55. The highest BCUT2D eigenvalue weighted by molar-refractivity contribution is 5.69. The molecule has 0 radical (unpaired) electrons. The van der Waals surface area contributed by atoms with Crippen LogP contribution >= 0.6 is 0 Å². The van der Waals surface area contributed by atoms with Gasteiger partial charge in [-0.1, -0.05) is 103 Å². The van der Waals surface area contributed by atoms with Crippen molar-refractivity contribution in [2.45, 2.75) is 19.1 Å². The summed E-state index contributed by atoms with van der Waals surface area (Å²) < 4.78 is 5.54. The molecule has 3 heteroatoms. The molecule has 146 valence electrons. The lowest BCUT2D eigenvalue weighted by atomic mass is 9.99. The van der Waals surface area contributed by atoms with E-state index >= 15 is 0 Å². The summed E-state index contributed by atoms with van der Waals surface area (Å²) in [6.07, 6.45) is 5.24. The number of carbonyl (C=O) groups is 1. The van der Waals surface area contributed by atoms with Gasteiger partial charge >= 0.3 is 6.09 Å². The molecule has 1 atom stereocenters. The predicted octanol–water partition coefficient (Wildman–Crippen LogP) is 6.31. The number of benzene rings is 3. The van der Waals surface area contributed by atoms with Gasteiger partial charge in [0.25, 0.3) is 0 Å². The number of hydrogen-bond donors (Lipinski definition) is 0. The number of amides is 1. The zero-order chi connectivity index (χ0) is 20.3. The van der Waals surface area contributed by atoms with Crippen LogP contribution in [0.4, 0.5) is 4.79 Å². The Bertz CT molecular complexity index is 921. The van der Waals surface area contributed by atoms with Crippen LogP contribution in [0, 0.1) is 0 Å². The molecule has 0 spiro atoms. The molecule has 0 saturated heterocycles. The predicted molar refractivity (Wildman–Crippen MR) is 117 cm³/mol. The molecular formula is C26H25NO2. The highest BCUT2D eigenvalue weighted by Gasteiger charge is 2.14. The van der Waals surface area contributed by atoms with Crippen molar-refractivity contribution < 1.29 is 9.53 Å². The monoisotopic (exact) mass is 383 g/mol. The Balaban J connectivity index is 1.74. The van der Waals surface area contributed by atoms with Gasteiger partial charge in [-0.15, -0.1) is 6.58 Å². The number of carbonyl (C=O) groups excluding carboxylic acids is 1. The normalized spacial score (nSPS) is 11.7. The molecule has 1 amide bonds. The maximum absolute atomic E-state index is 12.8. The number of hydrogen-bond acceptors (Lipinski definition) is 2. The first kappa shape index (κ1) is 20.2. The standard InChI is InChI=1S/C26H25NO2/c1-2-24(25-16-10-5-11-17-25)18-19-27(20-22-12-6-3-7-13-22)26(28)29-21-23-14-8-4-9-15-23/h2-19,24H,1,20-21H2/b19-18+. The summed E-state index contributed by atoms with van der Waals surface area (Å²) in [7, 11) is 0. The summed E-state index contributed by atoms with van der Waals surface area (Å²) in [5, 5.41) is 0. The molecule has 1 unspecified atom stereocenters. The molecule has 0 aliphatic heterocycles. The number of allylic oxidation sites excluding steroid dienone is 2. The van der Waals surface area contributed by atoms with Gasteiger partial charge in [0.2, 0.25) is 0 Å². The van der Waals surface area contributed by atoms with Gasteiger partial charge in [-0.3, -0.25) is 4.90 Å². The van der Waals surface area contributed by atoms with E-state index in [4.69, 9.17) is 4.74 Å². The van der Waals surface area contributed by atoms with Gasteiger partial charge in [0.1, 0.15) is 6.61 Å². The van der Waals surface area contributed by atoms with E-state index in [1.807, 2.05) is 103 Å². The van der Waals surface area contributed by atoms with Crippen LogP contribution < -0.4 is 0 Å². The second kappa shape index (κ2) is 10.7. The molecular weight excluding hydrogens is 358 g/mol. The third-order valence-corrected chi connectivity index (χ3v) is 4.55. The quantitative estimate of drug-likeness (QED) is 0.427. The van der Waals surface area contributed by atoms with Crippen LogP contribution in [0.1, 0.15) is 22.6 Å². The van der Waals surface area contributed by atoms with Gasteiger partial charge in [0, 0.05) is 12.1 Å². The first-order chi connectivity index (χ1) is 14.3. The van der Waals surface area contributed by atoms with E-state index in [0.29, 0.717) is 6.54 Å². The van der Waals surface area contributed by atoms with E-state index in [9.17, 15) is 4.79 Å². The third kappa shape index (κ3) is 6.22. The lowest BCUT2D eigenvalue weighted by Crippen LogP contribution is -2.26. The van der Waals surface area contributed by atoms with Crippen molar-refractivity contribution in [3.63, 3.8) is 0 Å². The second-order valence-electron chi connectivity index (χ2n) is 6.67. The average Bonchev–Trinajstić information content (AvgIpc) is 2.79. The average molecular weight is 383 g/mol. The fourth-order valence-electron chi connectivity index (χ4n) is 2.96. The molecule has 0 bridgehead atoms. The number of rotatable bonds is 8. The molecule has 0 fully saturated rings. The van der Waals surface area contributed by atoms with Crippen molar-refractivity contribution in [3.05, 3.63) is 133 Å². The van der Waals surface area contributed by atoms with Crippen molar-refractivity contribution in [2.75, 3.05) is 0 Å². The molecule has 3 nitrogen and oxygen atoms in total. The van der Waals surface area contributed by atoms with Gasteiger partial charge in [0.15, 0.2) is 0 Å². The van der Waals surface area contributed by atoms with Crippen LogP contribution in [0.2, 0.25) is 0 Å². The van der Waals surface area contributed by atoms with Crippen molar-refractivity contribution in [1.29, 1.82) is 0 Å². The minimum absolute atomic E-state index is 0.0106. The summed E-state index contributed by atoms with van der Waals surface area (Å²) in [6, 6.07) is 29.6. The van der Waals surface area contributed by atoms with E-state index in [1.54, 1.807) is 11.1 Å². The Labute approximate surface area is 172 Å². The van der Waals surface area contributed by atoms with Gasteiger partial charge in [0.05, 0.1) is 6.54 Å². The summed E-state index contributed by atoms with van der Waals surface area (Å²) >= 11 is 0. The Kier molecular flexibility index (Phi) is 7.41. The van der Waals surface area contributed by atoms with Crippen molar-refractivity contribution >= 4 is 6.09 Å². The minimum atomic E-state index is -0.384. The highest BCUT2D eigenvalue weighted by Crippen LogP contribution is 2.19. The van der Waals surface area contributed by atoms with Crippen molar-refractivity contribution in [3.8, 4) is 0 Å². The molecule has 0 aliphatic carbocycles. The summed E-state index contributed by atoms with van der Waals surface area (Å²) in [6.45, 7) is 4.61. The Hall–Kier alpha value is -3.59. The van der Waals surface area contributed by atoms with Crippen LogP contribution in [0.15, 0.2) is 116 Å².